The highest BCUT2D eigenvalue weighted by Crippen LogP contribution is 2.19. The van der Waals surface area contributed by atoms with Crippen LogP contribution in [-0.4, -0.2) is 46.6 Å². The molecule has 1 aliphatic rings. The van der Waals surface area contributed by atoms with E-state index in [0.29, 0.717) is 24.6 Å². The van der Waals surface area contributed by atoms with Gasteiger partial charge < -0.3 is 20.1 Å². The smallest absolute Gasteiger partial charge is 0.251 e. The van der Waals surface area contributed by atoms with E-state index in [-0.39, 0.29) is 5.91 Å². The number of carbonyl (C=O) groups excluding carboxylic acids is 1. The van der Waals surface area contributed by atoms with Crippen molar-refractivity contribution in [1.82, 2.24) is 19.9 Å². The molecule has 30 heavy (non-hydrogen) atoms. The molecule has 3 aromatic rings. The third-order valence-electron chi connectivity index (χ3n) is 5.25. The third kappa shape index (κ3) is 4.97. The number of amides is 1. The van der Waals surface area contributed by atoms with E-state index in [1.54, 1.807) is 0 Å². The second-order valence-corrected chi connectivity index (χ2v) is 7.56. The molecule has 1 aromatic carbocycles. The number of piperidine rings is 1. The van der Waals surface area contributed by atoms with Crippen molar-refractivity contribution in [3.8, 4) is 5.69 Å². The number of benzene rings is 1. The topological polar surface area (TPSA) is 75.1 Å². The number of hydrogen-bond donors (Lipinski definition) is 2. The van der Waals surface area contributed by atoms with E-state index >= 15 is 0 Å². The molecule has 0 unspecified atom stereocenters. The molecule has 0 aliphatic carbocycles. The first-order valence-electron chi connectivity index (χ1n) is 10.6. The maximum atomic E-state index is 12.4. The minimum atomic E-state index is -0.0879. The lowest BCUT2D eigenvalue weighted by atomic mass is 10.1. The lowest BCUT2D eigenvalue weighted by Gasteiger charge is -2.28. The molecule has 0 atom stereocenters. The lowest BCUT2D eigenvalue weighted by Crippen LogP contribution is -2.31. The molecular formula is C23H28N6O. The van der Waals surface area contributed by atoms with Gasteiger partial charge in [0, 0.05) is 61.6 Å². The van der Waals surface area contributed by atoms with Gasteiger partial charge in [0.15, 0.2) is 0 Å². The summed E-state index contributed by atoms with van der Waals surface area (Å²) in [6.07, 6.45) is 7.67. The average molecular weight is 405 g/mol. The van der Waals surface area contributed by atoms with Gasteiger partial charge in [0.2, 0.25) is 5.95 Å². The van der Waals surface area contributed by atoms with Crippen molar-refractivity contribution >= 4 is 17.7 Å². The van der Waals surface area contributed by atoms with Gasteiger partial charge in [0.05, 0.1) is 0 Å². The predicted molar refractivity (Wildman–Crippen MR) is 119 cm³/mol. The summed E-state index contributed by atoms with van der Waals surface area (Å²) >= 11 is 0. The molecule has 0 radical (unpaired) electrons. The van der Waals surface area contributed by atoms with Gasteiger partial charge in [0.25, 0.3) is 5.91 Å². The Bertz CT molecular complexity index is 962. The molecule has 1 saturated heterocycles. The Kier molecular flexibility index (Phi) is 6.27. The molecule has 1 aliphatic heterocycles. The molecular weight excluding hydrogens is 376 g/mol. The van der Waals surface area contributed by atoms with Crippen LogP contribution in [0.1, 0.15) is 35.3 Å². The number of hydrogen-bond acceptors (Lipinski definition) is 5. The van der Waals surface area contributed by atoms with Crippen molar-refractivity contribution in [3.05, 3.63) is 66.1 Å². The molecule has 7 heteroatoms. The van der Waals surface area contributed by atoms with Crippen LogP contribution in [0.15, 0.2) is 54.9 Å². The van der Waals surface area contributed by atoms with E-state index in [1.165, 1.54) is 19.3 Å². The minimum Gasteiger partial charge on any atom is -0.356 e. The minimum absolute atomic E-state index is 0.0879. The zero-order valence-corrected chi connectivity index (χ0v) is 17.3. The fraction of sp³-hybridized carbons (Fsp3) is 0.348. The number of aryl methyl sites for hydroxylation is 1. The molecule has 4 rings (SSSR count). The third-order valence-corrected chi connectivity index (χ3v) is 5.25. The first-order chi connectivity index (χ1) is 14.7. The molecule has 2 N–H and O–H groups in total. The van der Waals surface area contributed by atoms with Crippen LogP contribution in [0.2, 0.25) is 0 Å². The van der Waals surface area contributed by atoms with Gasteiger partial charge in [0.1, 0.15) is 5.82 Å². The summed E-state index contributed by atoms with van der Waals surface area (Å²) in [5.41, 5.74) is 2.62. The Balaban J connectivity index is 1.27. The van der Waals surface area contributed by atoms with E-state index in [1.807, 2.05) is 66.3 Å². The van der Waals surface area contributed by atoms with Crippen molar-refractivity contribution in [2.75, 3.05) is 36.4 Å². The molecule has 2 aromatic heterocycles. The van der Waals surface area contributed by atoms with E-state index in [0.717, 1.165) is 30.3 Å². The Labute approximate surface area is 177 Å². The maximum Gasteiger partial charge on any atom is 0.251 e. The van der Waals surface area contributed by atoms with Crippen LogP contribution in [0.5, 0.6) is 0 Å². The van der Waals surface area contributed by atoms with Crippen molar-refractivity contribution in [3.63, 3.8) is 0 Å². The number of anilines is 2. The second kappa shape index (κ2) is 9.43. The molecule has 1 fully saturated rings. The molecule has 0 bridgehead atoms. The zero-order valence-electron chi connectivity index (χ0n) is 17.3. The standard InChI is InChI=1S/C23H28N6O/c1-18-17-21(29-15-3-2-4-16-29)27-23(26-18)25-12-11-24-22(30)19-7-9-20(10-8-19)28-13-5-6-14-28/h5-10,13-14,17H,2-4,11-12,15-16H2,1H3,(H,24,30)(H,25,26,27). The Morgan fingerprint density at radius 1 is 1.00 bits per heavy atom. The van der Waals surface area contributed by atoms with Crippen molar-refractivity contribution in [2.45, 2.75) is 26.2 Å². The maximum absolute atomic E-state index is 12.4. The van der Waals surface area contributed by atoms with Gasteiger partial charge in [-0.05, 0) is 62.6 Å². The Morgan fingerprint density at radius 3 is 2.47 bits per heavy atom. The van der Waals surface area contributed by atoms with Crippen LogP contribution in [0, 0.1) is 6.92 Å². The van der Waals surface area contributed by atoms with Crippen molar-refractivity contribution in [1.29, 1.82) is 0 Å². The van der Waals surface area contributed by atoms with E-state index in [4.69, 9.17) is 0 Å². The molecule has 1 amide bonds. The van der Waals surface area contributed by atoms with Crippen LogP contribution in [0.3, 0.4) is 0 Å². The van der Waals surface area contributed by atoms with E-state index < -0.39 is 0 Å². The molecule has 7 nitrogen and oxygen atoms in total. The monoisotopic (exact) mass is 404 g/mol. The first kappa shape index (κ1) is 19.9. The van der Waals surface area contributed by atoms with Gasteiger partial charge in [-0.25, -0.2) is 4.98 Å². The fourth-order valence-corrected chi connectivity index (χ4v) is 3.66. The van der Waals surface area contributed by atoms with E-state index in [9.17, 15) is 4.79 Å². The van der Waals surface area contributed by atoms with Gasteiger partial charge in [-0.3, -0.25) is 4.79 Å². The van der Waals surface area contributed by atoms with E-state index in [2.05, 4.69) is 25.5 Å². The molecule has 156 valence electrons. The Morgan fingerprint density at radius 2 is 1.73 bits per heavy atom. The summed E-state index contributed by atoms with van der Waals surface area (Å²) in [7, 11) is 0. The van der Waals surface area contributed by atoms with Crippen molar-refractivity contribution < 1.29 is 4.79 Å². The predicted octanol–water partition coefficient (Wildman–Crippen LogP) is 3.41. The van der Waals surface area contributed by atoms with Crippen LogP contribution < -0.4 is 15.5 Å². The number of nitrogens with zero attached hydrogens (tertiary/aromatic N) is 4. The second-order valence-electron chi connectivity index (χ2n) is 7.56. The summed E-state index contributed by atoms with van der Waals surface area (Å²) in [5.74, 6) is 1.51. The van der Waals surface area contributed by atoms with Gasteiger partial charge >= 0.3 is 0 Å². The summed E-state index contributed by atoms with van der Waals surface area (Å²) in [6, 6.07) is 13.5. The van der Waals surface area contributed by atoms with Crippen molar-refractivity contribution in [2.24, 2.45) is 0 Å². The lowest BCUT2D eigenvalue weighted by molar-refractivity contribution is 0.0955. The largest absolute Gasteiger partial charge is 0.356 e. The molecule has 0 spiro atoms. The van der Waals surface area contributed by atoms with Crippen LogP contribution in [-0.2, 0) is 0 Å². The van der Waals surface area contributed by atoms with Crippen LogP contribution >= 0.6 is 0 Å². The molecule has 0 saturated carbocycles. The number of rotatable bonds is 7. The summed E-state index contributed by atoms with van der Waals surface area (Å²) in [4.78, 5) is 23.8. The summed E-state index contributed by atoms with van der Waals surface area (Å²) in [5, 5.41) is 6.17. The number of carbonyl (C=O) groups is 1. The fourth-order valence-electron chi connectivity index (χ4n) is 3.66. The zero-order chi connectivity index (χ0) is 20.8. The average Bonchev–Trinajstić information content (AvgIpc) is 3.32. The highest BCUT2D eigenvalue weighted by atomic mass is 16.1. The first-order valence-corrected chi connectivity index (χ1v) is 10.6. The van der Waals surface area contributed by atoms with Crippen LogP contribution in [0.4, 0.5) is 11.8 Å². The van der Waals surface area contributed by atoms with Gasteiger partial charge in [-0.15, -0.1) is 0 Å². The SMILES string of the molecule is Cc1cc(N2CCCCC2)nc(NCCNC(=O)c2ccc(-n3cccc3)cc2)n1. The molecule has 3 heterocycles. The van der Waals surface area contributed by atoms with Crippen LogP contribution in [0.25, 0.3) is 5.69 Å². The summed E-state index contributed by atoms with van der Waals surface area (Å²) < 4.78 is 2.01. The summed E-state index contributed by atoms with van der Waals surface area (Å²) in [6.45, 7) is 5.15. The number of aromatic nitrogens is 3. The quantitative estimate of drug-likeness (QED) is 0.590. The normalized spacial score (nSPS) is 13.8. The van der Waals surface area contributed by atoms with Gasteiger partial charge in [-0.2, -0.15) is 4.98 Å². The highest BCUT2D eigenvalue weighted by Gasteiger charge is 2.14. The van der Waals surface area contributed by atoms with Gasteiger partial charge in [-0.1, -0.05) is 0 Å². The Hall–Kier alpha value is -3.35. The number of nitrogens with one attached hydrogen (secondary N) is 2. The highest BCUT2D eigenvalue weighted by molar-refractivity contribution is 5.94.